The van der Waals surface area contributed by atoms with Crippen LogP contribution in [0, 0.1) is 5.92 Å². The van der Waals surface area contributed by atoms with Gasteiger partial charge in [-0.2, -0.15) is 9.97 Å². The van der Waals surface area contributed by atoms with E-state index < -0.39 is 0 Å². The minimum atomic E-state index is 0.333. The van der Waals surface area contributed by atoms with Crippen LogP contribution >= 0.6 is 0 Å². The third kappa shape index (κ3) is 5.63. The molecule has 9 nitrogen and oxygen atoms in total. The van der Waals surface area contributed by atoms with E-state index in [4.69, 9.17) is 25.4 Å². The number of nitrogens with two attached hydrogens (primary N) is 1. The van der Waals surface area contributed by atoms with Gasteiger partial charge in [-0.05, 0) is 70.1 Å². The summed E-state index contributed by atoms with van der Waals surface area (Å²) in [5.74, 6) is 2.33. The Hall–Kier alpha value is -1.97. The second-order valence-corrected chi connectivity index (χ2v) is 10.6. The molecule has 0 amide bonds. The lowest BCUT2D eigenvalue weighted by Gasteiger charge is -2.32. The predicted octanol–water partition coefficient (Wildman–Crippen LogP) is 4.09. The highest BCUT2D eigenvalue weighted by molar-refractivity contribution is 5.84. The molecule has 188 valence electrons. The Morgan fingerprint density at radius 3 is 2.53 bits per heavy atom. The van der Waals surface area contributed by atoms with Crippen LogP contribution in [0.25, 0.3) is 11.2 Å². The maximum Gasteiger partial charge on any atom is 0.227 e. The van der Waals surface area contributed by atoms with E-state index in [1.807, 2.05) is 6.33 Å². The first-order valence-electron chi connectivity index (χ1n) is 13.5. The first-order chi connectivity index (χ1) is 16.7. The van der Waals surface area contributed by atoms with Gasteiger partial charge in [0.1, 0.15) is 0 Å². The summed E-state index contributed by atoms with van der Waals surface area (Å²) in [7, 11) is 1.79. The number of methoxy groups -OCH3 is 1. The number of hydrogen-bond donors (Lipinski definition) is 3. The number of fused-ring (bicyclic) bond motifs is 1. The van der Waals surface area contributed by atoms with Gasteiger partial charge in [0.2, 0.25) is 5.95 Å². The average Bonchev–Trinajstić information content (AvgIpc) is 3.52. The van der Waals surface area contributed by atoms with E-state index in [9.17, 15) is 0 Å². The summed E-state index contributed by atoms with van der Waals surface area (Å²) < 4.78 is 7.52. The molecule has 2 aromatic rings. The van der Waals surface area contributed by atoms with Crippen LogP contribution in [0.5, 0.6) is 0 Å². The lowest BCUT2D eigenvalue weighted by molar-refractivity contribution is 0.167. The maximum atomic E-state index is 6.12. The largest absolute Gasteiger partial charge is 0.385 e. The summed E-state index contributed by atoms with van der Waals surface area (Å²) in [6, 6.07) is 1.21. The first-order valence-corrected chi connectivity index (χ1v) is 13.5. The Kier molecular flexibility index (Phi) is 7.81. The Morgan fingerprint density at radius 1 is 1.03 bits per heavy atom. The molecule has 3 aliphatic rings. The van der Waals surface area contributed by atoms with Crippen molar-refractivity contribution in [2.75, 3.05) is 37.5 Å². The Bertz CT molecular complexity index is 911. The molecule has 2 aliphatic carbocycles. The lowest BCUT2D eigenvalue weighted by atomic mass is 9.92. The molecule has 1 aliphatic heterocycles. The number of nitrogens with zero attached hydrogens (tertiary/aromatic N) is 5. The molecule has 0 spiro atoms. The van der Waals surface area contributed by atoms with E-state index in [2.05, 4.69) is 20.3 Å². The highest BCUT2D eigenvalue weighted by Gasteiger charge is 2.25. The first kappa shape index (κ1) is 23.8. The van der Waals surface area contributed by atoms with Crippen molar-refractivity contribution in [2.24, 2.45) is 11.7 Å². The number of piperidine rings is 1. The summed E-state index contributed by atoms with van der Waals surface area (Å²) in [6.07, 6.45) is 16.0. The van der Waals surface area contributed by atoms with E-state index >= 15 is 0 Å². The van der Waals surface area contributed by atoms with Gasteiger partial charge in [0.25, 0.3) is 0 Å². The predicted molar refractivity (Wildman–Crippen MR) is 136 cm³/mol. The number of aromatic nitrogens is 4. The van der Waals surface area contributed by atoms with Crippen molar-refractivity contribution in [3.8, 4) is 0 Å². The van der Waals surface area contributed by atoms with Crippen LogP contribution in [-0.2, 0) is 4.74 Å². The van der Waals surface area contributed by atoms with Crippen LogP contribution in [0.1, 0.15) is 83.1 Å². The van der Waals surface area contributed by atoms with Crippen molar-refractivity contribution < 1.29 is 4.74 Å². The third-order valence-corrected chi connectivity index (χ3v) is 8.08. The Morgan fingerprint density at radius 2 is 1.79 bits per heavy atom. The van der Waals surface area contributed by atoms with Gasteiger partial charge in [-0.1, -0.05) is 12.8 Å². The van der Waals surface area contributed by atoms with E-state index in [1.54, 1.807) is 7.11 Å². The molecule has 3 fully saturated rings. The zero-order chi connectivity index (χ0) is 23.3. The molecule has 0 unspecified atom stereocenters. The van der Waals surface area contributed by atoms with Crippen LogP contribution < -0.4 is 16.5 Å². The van der Waals surface area contributed by atoms with Gasteiger partial charge < -0.3 is 25.8 Å². The fraction of sp³-hybridized carbons (Fsp3) is 0.800. The molecule has 2 saturated carbocycles. The molecule has 0 radical (unpaired) electrons. The topological polar surface area (TPSA) is 106 Å². The monoisotopic (exact) mass is 470 g/mol. The smallest absolute Gasteiger partial charge is 0.227 e. The van der Waals surface area contributed by atoms with Crippen molar-refractivity contribution in [3.63, 3.8) is 0 Å². The van der Waals surface area contributed by atoms with Crippen molar-refractivity contribution >= 4 is 22.9 Å². The fourth-order valence-corrected chi connectivity index (χ4v) is 5.95. The summed E-state index contributed by atoms with van der Waals surface area (Å²) in [5, 5.41) is 5.94. The molecule has 34 heavy (non-hydrogen) atoms. The van der Waals surface area contributed by atoms with Gasteiger partial charge in [-0.25, -0.2) is 9.99 Å². The molecule has 3 heterocycles. The minimum Gasteiger partial charge on any atom is -0.385 e. The van der Waals surface area contributed by atoms with E-state index in [1.165, 1.54) is 44.9 Å². The molecule has 0 aromatic carbocycles. The highest BCUT2D eigenvalue weighted by atomic mass is 16.5. The summed E-state index contributed by atoms with van der Waals surface area (Å²) >= 11 is 0. The van der Waals surface area contributed by atoms with Crippen LogP contribution in [0.2, 0.25) is 0 Å². The van der Waals surface area contributed by atoms with Crippen LogP contribution in [0.3, 0.4) is 0 Å². The standard InChI is InChI=1S/C25H42N8O/c1-34-16-4-5-18-12-14-32(15-13-18)31-23-22-24(33(17-27-22)21-6-2-3-7-21)30-25(29-23)28-20-10-8-19(26)9-11-20/h17-21H,2-16,26H2,1H3,(H2,28,29,30,31). The van der Waals surface area contributed by atoms with Crippen LogP contribution in [0.4, 0.5) is 11.8 Å². The number of hydrogen-bond acceptors (Lipinski definition) is 8. The summed E-state index contributed by atoms with van der Waals surface area (Å²) in [6.45, 7) is 2.91. The van der Waals surface area contributed by atoms with Crippen LogP contribution in [0.15, 0.2) is 6.33 Å². The third-order valence-electron chi connectivity index (χ3n) is 8.08. The summed E-state index contributed by atoms with van der Waals surface area (Å²) in [5.41, 5.74) is 11.6. The molecule has 1 saturated heterocycles. The zero-order valence-corrected chi connectivity index (χ0v) is 20.7. The van der Waals surface area contributed by atoms with Crippen molar-refractivity contribution in [2.45, 2.75) is 95.2 Å². The molecule has 5 rings (SSSR count). The van der Waals surface area contributed by atoms with Gasteiger partial charge in [0.05, 0.1) is 6.33 Å². The molecule has 0 bridgehead atoms. The summed E-state index contributed by atoms with van der Waals surface area (Å²) in [4.78, 5) is 14.7. The van der Waals surface area contributed by atoms with Crippen molar-refractivity contribution in [3.05, 3.63) is 6.33 Å². The molecule has 0 atom stereocenters. The number of imidazole rings is 1. The van der Waals surface area contributed by atoms with E-state index in [-0.39, 0.29) is 0 Å². The van der Waals surface area contributed by atoms with E-state index in [0.29, 0.717) is 24.1 Å². The quantitative estimate of drug-likeness (QED) is 0.471. The van der Waals surface area contributed by atoms with Gasteiger partial charge >= 0.3 is 0 Å². The highest BCUT2D eigenvalue weighted by Crippen LogP contribution is 2.34. The van der Waals surface area contributed by atoms with Gasteiger partial charge in [0.15, 0.2) is 17.0 Å². The minimum absolute atomic E-state index is 0.333. The second kappa shape index (κ2) is 11.2. The fourth-order valence-electron chi connectivity index (χ4n) is 5.95. The second-order valence-electron chi connectivity index (χ2n) is 10.6. The molecular weight excluding hydrogens is 428 g/mol. The van der Waals surface area contributed by atoms with E-state index in [0.717, 1.165) is 74.7 Å². The van der Waals surface area contributed by atoms with Crippen LogP contribution in [-0.4, -0.2) is 63.4 Å². The molecule has 4 N–H and O–H groups in total. The molecular formula is C25H42N8O. The number of hydrazine groups is 1. The Balaban J connectivity index is 1.32. The average molecular weight is 471 g/mol. The number of anilines is 2. The Labute approximate surface area is 203 Å². The van der Waals surface area contributed by atoms with Crippen molar-refractivity contribution in [1.29, 1.82) is 0 Å². The van der Waals surface area contributed by atoms with Gasteiger partial charge in [-0.15, -0.1) is 0 Å². The molecule has 2 aromatic heterocycles. The molecule has 9 heteroatoms. The number of rotatable bonds is 9. The van der Waals surface area contributed by atoms with Gasteiger partial charge in [-0.3, -0.25) is 0 Å². The van der Waals surface area contributed by atoms with Crippen molar-refractivity contribution in [1.82, 2.24) is 24.5 Å². The van der Waals surface area contributed by atoms with Gasteiger partial charge in [0, 0.05) is 44.9 Å². The SMILES string of the molecule is COCCCC1CCN(Nc2nc(NC3CCC(N)CC3)nc3c2ncn3C2CCCC2)CC1. The number of ether oxygens (including phenoxy) is 1. The zero-order valence-electron chi connectivity index (χ0n) is 20.7. The normalized spacial score (nSPS) is 25.2. The maximum absolute atomic E-state index is 6.12. The number of nitrogens with one attached hydrogen (secondary N) is 2. The lowest BCUT2D eigenvalue weighted by Crippen LogP contribution is -2.38.